The maximum absolute atomic E-state index is 14.6. The highest BCUT2D eigenvalue weighted by Gasteiger charge is 2.38. The Morgan fingerprint density at radius 2 is 1.87 bits per heavy atom. The molecular formula is C17H12F4N4O5. The number of methoxy groups -OCH3 is 2. The van der Waals surface area contributed by atoms with Gasteiger partial charge in [-0.1, -0.05) is 17.3 Å². The van der Waals surface area contributed by atoms with E-state index in [1.807, 2.05) is 0 Å². The largest absolute Gasteiger partial charge is 0.471 e. The molecule has 0 aliphatic carbocycles. The third-order valence-corrected chi connectivity index (χ3v) is 3.92. The van der Waals surface area contributed by atoms with Crippen LogP contribution in [-0.2, 0) is 22.2 Å². The number of carbonyl (C=O) groups excluding carboxylic acids is 2. The quantitative estimate of drug-likeness (QED) is 0.451. The lowest BCUT2D eigenvalue weighted by atomic mass is 10.1. The van der Waals surface area contributed by atoms with Crippen molar-refractivity contribution < 1.29 is 41.1 Å². The van der Waals surface area contributed by atoms with Crippen LogP contribution in [0.5, 0.6) is 0 Å². The Hall–Kier alpha value is -3.77. The van der Waals surface area contributed by atoms with Crippen LogP contribution in [0.2, 0.25) is 0 Å². The molecule has 9 nitrogen and oxygen atoms in total. The predicted octanol–water partition coefficient (Wildman–Crippen LogP) is 2.71. The van der Waals surface area contributed by atoms with Gasteiger partial charge in [-0.05, 0) is 6.07 Å². The Morgan fingerprint density at radius 3 is 2.43 bits per heavy atom. The molecular weight excluding hydrogens is 416 g/mol. The average molecular weight is 428 g/mol. The Kier molecular flexibility index (Phi) is 5.54. The van der Waals surface area contributed by atoms with E-state index in [-0.39, 0.29) is 29.1 Å². The molecule has 30 heavy (non-hydrogen) atoms. The number of nitrogens with zero attached hydrogens (tertiary/aromatic N) is 4. The molecule has 0 N–H and O–H groups in total. The molecule has 0 fully saturated rings. The van der Waals surface area contributed by atoms with Crippen LogP contribution in [0.3, 0.4) is 0 Å². The van der Waals surface area contributed by atoms with Gasteiger partial charge in [-0.25, -0.2) is 19.0 Å². The van der Waals surface area contributed by atoms with Gasteiger partial charge in [0.15, 0.2) is 11.4 Å². The molecule has 0 saturated carbocycles. The molecule has 2 aromatic heterocycles. The first kappa shape index (κ1) is 21.0. The fourth-order valence-electron chi connectivity index (χ4n) is 2.51. The first-order valence-corrected chi connectivity index (χ1v) is 8.07. The number of benzene rings is 1. The zero-order valence-electron chi connectivity index (χ0n) is 15.4. The zero-order chi connectivity index (χ0) is 22.1. The molecule has 13 heteroatoms. The van der Waals surface area contributed by atoms with Gasteiger partial charge in [0.25, 0.3) is 0 Å². The first-order valence-electron chi connectivity index (χ1n) is 8.07. The van der Waals surface area contributed by atoms with E-state index in [1.54, 1.807) is 0 Å². The maximum Gasteiger partial charge on any atom is 0.471 e. The molecule has 3 rings (SSSR count). The minimum absolute atomic E-state index is 0.0391. The topological polar surface area (TPSA) is 109 Å². The molecule has 0 amide bonds. The van der Waals surface area contributed by atoms with E-state index in [0.29, 0.717) is 0 Å². The highest BCUT2D eigenvalue weighted by molar-refractivity contribution is 6.00. The van der Waals surface area contributed by atoms with Crippen LogP contribution >= 0.6 is 0 Å². The van der Waals surface area contributed by atoms with Crippen LogP contribution in [0.25, 0.3) is 11.4 Å². The van der Waals surface area contributed by atoms with Crippen molar-refractivity contribution in [1.29, 1.82) is 0 Å². The summed E-state index contributed by atoms with van der Waals surface area (Å²) in [6, 6.07) is 3.45. The summed E-state index contributed by atoms with van der Waals surface area (Å²) < 4.78 is 66.7. The normalized spacial score (nSPS) is 11.4. The summed E-state index contributed by atoms with van der Waals surface area (Å²) >= 11 is 0. The second-order valence-electron chi connectivity index (χ2n) is 5.78. The fraction of sp³-hybridized carbons (Fsp3) is 0.235. The Morgan fingerprint density at radius 1 is 1.17 bits per heavy atom. The molecule has 2 heterocycles. The van der Waals surface area contributed by atoms with Gasteiger partial charge in [0.1, 0.15) is 5.82 Å². The van der Waals surface area contributed by atoms with E-state index < -0.39 is 35.6 Å². The summed E-state index contributed by atoms with van der Waals surface area (Å²) in [5.41, 5.74) is -0.574. The van der Waals surface area contributed by atoms with E-state index in [1.165, 1.54) is 16.7 Å². The molecule has 0 bridgehead atoms. The van der Waals surface area contributed by atoms with Crippen LogP contribution in [0.15, 0.2) is 29.0 Å². The third-order valence-electron chi connectivity index (χ3n) is 3.92. The van der Waals surface area contributed by atoms with E-state index >= 15 is 0 Å². The lowest BCUT2D eigenvalue weighted by Gasteiger charge is -2.09. The minimum atomic E-state index is -4.83. The number of hydrogen-bond acceptors (Lipinski definition) is 8. The van der Waals surface area contributed by atoms with Crippen LogP contribution in [0.1, 0.15) is 32.4 Å². The standard InChI is InChI=1S/C17H12F4N4O5/c1-28-14(26)11-12(15(27)29-2)25(7-22-11)6-9-4-3-8(5-10(9)18)13-23-16(30-24-13)17(19,20)21/h3-5,7H,6H2,1-2H3. The second-order valence-corrected chi connectivity index (χ2v) is 5.78. The molecule has 3 aromatic rings. The maximum atomic E-state index is 14.6. The van der Waals surface area contributed by atoms with Gasteiger partial charge in [-0.15, -0.1) is 0 Å². The van der Waals surface area contributed by atoms with Crippen LogP contribution in [0, 0.1) is 5.82 Å². The number of hydrogen-bond donors (Lipinski definition) is 0. The lowest BCUT2D eigenvalue weighted by Crippen LogP contribution is -2.16. The fourth-order valence-corrected chi connectivity index (χ4v) is 2.51. The van der Waals surface area contributed by atoms with Gasteiger partial charge >= 0.3 is 24.0 Å². The number of ether oxygens (including phenoxy) is 2. The van der Waals surface area contributed by atoms with Gasteiger partial charge in [0.2, 0.25) is 5.82 Å². The number of carbonyl (C=O) groups is 2. The predicted molar refractivity (Wildman–Crippen MR) is 88.7 cm³/mol. The number of imidazole rings is 1. The summed E-state index contributed by atoms with van der Waals surface area (Å²) in [6.07, 6.45) is -3.70. The van der Waals surface area contributed by atoms with E-state index in [9.17, 15) is 27.2 Å². The van der Waals surface area contributed by atoms with Crippen molar-refractivity contribution in [2.75, 3.05) is 14.2 Å². The molecule has 0 spiro atoms. The van der Waals surface area contributed by atoms with Crippen LogP contribution < -0.4 is 0 Å². The molecule has 0 saturated heterocycles. The van der Waals surface area contributed by atoms with Crippen LogP contribution in [0.4, 0.5) is 17.6 Å². The third kappa shape index (κ3) is 3.99. The summed E-state index contributed by atoms with van der Waals surface area (Å²) in [5.74, 6) is -4.61. The molecule has 0 aliphatic heterocycles. The summed E-state index contributed by atoms with van der Waals surface area (Å²) in [5, 5.41) is 3.19. The van der Waals surface area contributed by atoms with E-state index in [2.05, 4.69) is 29.1 Å². The van der Waals surface area contributed by atoms with Gasteiger partial charge in [0.05, 0.1) is 27.1 Å². The number of halogens is 4. The van der Waals surface area contributed by atoms with Crippen molar-refractivity contribution in [2.24, 2.45) is 0 Å². The molecule has 0 atom stereocenters. The zero-order valence-corrected chi connectivity index (χ0v) is 15.4. The molecule has 0 unspecified atom stereocenters. The van der Waals surface area contributed by atoms with Crippen molar-refractivity contribution in [2.45, 2.75) is 12.7 Å². The van der Waals surface area contributed by atoms with Crippen molar-refractivity contribution in [3.8, 4) is 11.4 Å². The SMILES string of the molecule is COC(=O)c1ncn(Cc2ccc(-c3noc(C(F)(F)F)n3)cc2F)c1C(=O)OC. The van der Waals surface area contributed by atoms with Crippen molar-refractivity contribution in [1.82, 2.24) is 19.7 Å². The highest BCUT2D eigenvalue weighted by atomic mass is 19.4. The molecule has 0 aliphatic rings. The number of rotatable bonds is 5. The summed E-state index contributed by atoms with van der Waals surface area (Å²) in [6.45, 7) is -0.236. The van der Waals surface area contributed by atoms with E-state index in [4.69, 9.17) is 0 Å². The highest BCUT2D eigenvalue weighted by Crippen LogP contribution is 2.30. The van der Waals surface area contributed by atoms with Gasteiger partial charge in [0, 0.05) is 11.1 Å². The molecule has 1 aromatic carbocycles. The average Bonchev–Trinajstić information content (AvgIpc) is 3.35. The Balaban J connectivity index is 1.92. The lowest BCUT2D eigenvalue weighted by molar-refractivity contribution is -0.159. The van der Waals surface area contributed by atoms with Crippen molar-refractivity contribution >= 4 is 11.9 Å². The van der Waals surface area contributed by atoms with Gasteiger partial charge < -0.3 is 18.6 Å². The monoisotopic (exact) mass is 428 g/mol. The smallest absolute Gasteiger partial charge is 0.464 e. The van der Waals surface area contributed by atoms with E-state index in [0.717, 1.165) is 26.6 Å². The number of alkyl halides is 3. The summed E-state index contributed by atoms with van der Waals surface area (Å²) in [4.78, 5) is 30.8. The molecule has 0 radical (unpaired) electrons. The Bertz CT molecular complexity index is 1110. The van der Waals surface area contributed by atoms with Gasteiger partial charge in [-0.2, -0.15) is 18.2 Å². The minimum Gasteiger partial charge on any atom is -0.464 e. The van der Waals surface area contributed by atoms with Crippen LogP contribution in [-0.4, -0.2) is 45.8 Å². The van der Waals surface area contributed by atoms with Crippen molar-refractivity contribution in [3.63, 3.8) is 0 Å². The van der Waals surface area contributed by atoms with Crippen molar-refractivity contribution in [3.05, 3.63) is 53.2 Å². The van der Waals surface area contributed by atoms with Gasteiger partial charge in [-0.3, -0.25) is 0 Å². The Labute approximate surface area is 165 Å². The first-order chi connectivity index (χ1) is 14.2. The number of aromatic nitrogens is 4. The number of esters is 2. The second kappa shape index (κ2) is 7.93. The molecule has 158 valence electrons. The summed E-state index contributed by atoms with van der Waals surface area (Å²) in [7, 11) is 2.19.